The van der Waals surface area contributed by atoms with Crippen LogP contribution in [0.4, 0.5) is 0 Å². The molecule has 0 bridgehead atoms. The summed E-state index contributed by atoms with van der Waals surface area (Å²) in [5, 5.41) is 3.05. The number of hydrogen-bond donors (Lipinski definition) is 1. The summed E-state index contributed by atoms with van der Waals surface area (Å²) in [6.07, 6.45) is 0. The van der Waals surface area contributed by atoms with Gasteiger partial charge in [-0.2, -0.15) is 0 Å². The van der Waals surface area contributed by atoms with E-state index in [1.807, 2.05) is 5.55 Å². The Morgan fingerprint density at radius 2 is 2.83 bits per heavy atom. The highest BCUT2D eigenvalue weighted by atomic mass is 32.2. The SMILES string of the molecule is C1=NCNCS1. The second-order valence-corrected chi connectivity index (χ2v) is 1.84. The van der Waals surface area contributed by atoms with Gasteiger partial charge >= 0.3 is 0 Å². The molecule has 1 rings (SSSR count). The van der Waals surface area contributed by atoms with Crippen LogP contribution in [0.2, 0.25) is 0 Å². The summed E-state index contributed by atoms with van der Waals surface area (Å²) in [5.74, 6) is 1.02. The third kappa shape index (κ3) is 0.988. The van der Waals surface area contributed by atoms with Gasteiger partial charge in [-0.3, -0.25) is 10.3 Å². The Labute approximate surface area is 41.0 Å². The number of thioether (sulfide) groups is 1. The summed E-state index contributed by atoms with van der Waals surface area (Å²) < 4.78 is 0. The number of hydrogen-bond acceptors (Lipinski definition) is 3. The lowest BCUT2D eigenvalue weighted by atomic mass is 11.0. The largest absolute Gasteiger partial charge is 0.289 e. The molecule has 6 heavy (non-hydrogen) atoms. The molecule has 0 atom stereocenters. The standard InChI is InChI=1S/C3H6N2S/c1-4-2-6-3-5-1/h2,5H,1,3H2. The van der Waals surface area contributed by atoms with Gasteiger partial charge in [0.15, 0.2) is 0 Å². The van der Waals surface area contributed by atoms with Crippen LogP contribution in [0.3, 0.4) is 0 Å². The monoisotopic (exact) mass is 102 g/mol. The van der Waals surface area contributed by atoms with Crippen molar-refractivity contribution < 1.29 is 0 Å². The smallest absolute Gasteiger partial charge is 0.0897 e. The molecular weight excluding hydrogens is 96.1 g/mol. The Hall–Kier alpha value is -0.0200. The van der Waals surface area contributed by atoms with E-state index in [2.05, 4.69) is 10.3 Å². The van der Waals surface area contributed by atoms with Gasteiger partial charge < -0.3 is 0 Å². The number of nitrogens with one attached hydrogen (secondary N) is 1. The molecule has 0 fully saturated rings. The Kier molecular flexibility index (Phi) is 1.52. The van der Waals surface area contributed by atoms with Crippen molar-refractivity contribution in [3.05, 3.63) is 0 Å². The van der Waals surface area contributed by atoms with Crippen LogP contribution >= 0.6 is 11.8 Å². The zero-order chi connectivity index (χ0) is 4.24. The molecule has 0 aliphatic carbocycles. The zero-order valence-corrected chi connectivity index (χ0v) is 4.16. The van der Waals surface area contributed by atoms with Gasteiger partial charge in [0.2, 0.25) is 0 Å². The first-order valence-corrected chi connectivity index (χ1v) is 2.85. The van der Waals surface area contributed by atoms with Gasteiger partial charge in [0.25, 0.3) is 0 Å². The molecule has 0 saturated heterocycles. The van der Waals surface area contributed by atoms with Crippen molar-refractivity contribution in [2.24, 2.45) is 4.99 Å². The fourth-order valence-electron chi connectivity index (χ4n) is 0.296. The van der Waals surface area contributed by atoms with Gasteiger partial charge in [-0.25, -0.2) is 0 Å². The van der Waals surface area contributed by atoms with Gasteiger partial charge in [0.1, 0.15) is 0 Å². The second kappa shape index (κ2) is 2.21. The van der Waals surface area contributed by atoms with E-state index >= 15 is 0 Å². The first-order valence-electron chi connectivity index (χ1n) is 1.81. The average molecular weight is 102 g/mol. The minimum Gasteiger partial charge on any atom is -0.289 e. The fraction of sp³-hybridized carbons (Fsp3) is 0.667. The molecule has 0 amide bonds. The van der Waals surface area contributed by atoms with Crippen molar-refractivity contribution in [1.82, 2.24) is 5.32 Å². The van der Waals surface area contributed by atoms with Crippen molar-refractivity contribution in [3.8, 4) is 0 Å². The third-order valence-electron chi connectivity index (χ3n) is 0.538. The Balaban J connectivity index is 2.26. The molecule has 1 aliphatic heterocycles. The van der Waals surface area contributed by atoms with Gasteiger partial charge in [0, 0.05) is 5.88 Å². The Morgan fingerprint density at radius 1 is 1.83 bits per heavy atom. The lowest BCUT2D eigenvalue weighted by molar-refractivity contribution is 0.812. The summed E-state index contributed by atoms with van der Waals surface area (Å²) >= 11 is 1.69. The van der Waals surface area contributed by atoms with E-state index in [9.17, 15) is 0 Å². The van der Waals surface area contributed by atoms with E-state index in [0.717, 1.165) is 12.5 Å². The van der Waals surface area contributed by atoms with Crippen molar-refractivity contribution in [3.63, 3.8) is 0 Å². The van der Waals surface area contributed by atoms with Crippen LogP contribution in [0, 0.1) is 0 Å². The molecule has 0 aromatic rings. The molecule has 1 aliphatic rings. The highest BCUT2D eigenvalue weighted by molar-refractivity contribution is 8.12. The minimum absolute atomic E-state index is 0.799. The van der Waals surface area contributed by atoms with E-state index in [0.29, 0.717) is 0 Å². The molecule has 1 N–H and O–H groups in total. The van der Waals surface area contributed by atoms with Crippen LogP contribution in [-0.4, -0.2) is 18.1 Å². The number of rotatable bonds is 0. The molecule has 0 unspecified atom stereocenters. The summed E-state index contributed by atoms with van der Waals surface area (Å²) in [7, 11) is 0. The first kappa shape index (κ1) is 4.15. The van der Waals surface area contributed by atoms with E-state index in [4.69, 9.17) is 0 Å². The molecule has 3 heteroatoms. The third-order valence-corrected chi connectivity index (χ3v) is 1.21. The first-order chi connectivity index (χ1) is 3.00. The summed E-state index contributed by atoms with van der Waals surface area (Å²) in [5.41, 5.74) is 1.87. The van der Waals surface area contributed by atoms with Crippen LogP contribution in [0.15, 0.2) is 4.99 Å². The second-order valence-electron chi connectivity index (χ2n) is 1.01. The molecular formula is C3H6N2S. The van der Waals surface area contributed by atoms with Crippen molar-refractivity contribution in [2.75, 3.05) is 12.5 Å². The van der Waals surface area contributed by atoms with Crippen molar-refractivity contribution >= 4 is 17.3 Å². The Bertz CT molecular complexity index is 53.8. The highest BCUT2D eigenvalue weighted by Crippen LogP contribution is 1.93. The molecule has 2 nitrogen and oxygen atoms in total. The van der Waals surface area contributed by atoms with E-state index in [1.165, 1.54) is 0 Å². The average Bonchev–Trinajstić information content (AvgIpc) is 1.72. The zero-order valence-electron chi connectivity index (χ0n) is 3.35. The van der Waals surface area contributed by atoms with Crippen LogP contribution < -0.4 is 5.32 Å². The molecule has 0 radical (unpaired) electrons. The summed E-state index contributed by atoms with van der Waals surface area (Å²) in [4.78, 5) is 3.90. The minimum atomic E-state index is 0.799. The number of nitrogens with zero attached hydrogens (tertiary/aromatic N) is 1. The van der Waals surface area contributed by atoms with Gasteiger partial charge in [-0.05, 0) is 0 Å². The van der Waals surface area contributed by atoms with E-state index in [1.54, 1.807) is 11.8 Å². The Morgan fingerprint density at radius 3 is 3.00 bits per heavy atom. The van der Waals surface area contributed by atoms with Crippen LogP contribution in [-0.2, 0) is 0 Å². The maximum atomic E-state index is 3.90. The highest BCUT2D eigenvalue weighted by Gasteiger charge is 1.85. The lowest BCUT2D eigenvalue weighted by Gasteiger charge is -2.00. The molecule has 0 saturated carbocycles. The van der Waals surface area contributed by atoms with E-state index in [-0.39, 0.29) is 0 Å². The van der Waals surface area contributed by atoms with Crippen LogP contribution in [0.5, 0.6) is 0 Å². The van der Waals surface area contributed by atoms with E-state index < -0.39 is 0 Å². The van der Waals surface area contributed by atoms with Gasteiger partial charge in [0.05, 0.1) is 12.2 Å². The topological polar surface area (TPSA) is 24.4 Å². The normalized spacial score (nSPS) is 21.3. The number of aliphatic imine (C=N–C) groups is 1. The van der Waals surface area contributed by atoms with Gasteiger partial charge in [-0.1, -0.05) is 11.8 Å². The fourth-order valence-corrected chi connectivity index (χ4v) is 0.760. The predicted octanol–water partition coefficient (Wildman–Crippen LogP) is 0.266. The maximum absolute atomic E-state index is 3.90. The van der Waals surface area contributed by atoms with Crippen LogP contribution in [0.25, 0.3) is 0 Å². The van der Waals surface area contributed by atoms with Crippen molar-refractivity contribution in [2.45, 2.75) is 0 Å². The van der Waals surface area contributed by atoms with Crippen molar-refractivity contribution in [1.29, 1.82) is 0 Å². The molecule has 0 aromatic carbocycles. The molecule has 1 heterocycles. The van der Waals surface area contributed by atoms with Crippen LogP contribution in [0.1, 0.15) is 0 Å². The predicted molar refractivity (Wildman–Crippen MR) is 29.0 cm³/mol. The summed E-state index contributed by atoms with van der Waals surface area (Å²) in [6.45, 7) is 0.799. The maximum Gasteiger partial charge on any atom is 0.0897 e. The van der Waals surface area contributed by atoms with Gasteiger partial charge in [-0.15, -0.1) is 0 Å². The molecule has 0 spiro atoms. The molecule has 34 valence electrons. The lowest BCUT2D eigenvalue weighted by Crippen LogP contribution is -2.15. The quantitative estimate of drug-likeness (QED) is 0.474. The molecule has 0 aromatic heterocycles. The summed E-state index contributed by atoms with van der Waals surface area (Å²) in [6, 6.07) is 0.